The van der Waals surface area contributed by atoms with Crippen molar-refractivity contribution in [2.45, 2.75) is 38.1 Å². The lowest BCUT2D eigenvalue weighted by Crippen LogP contribution is -2.52. The maximum Gasteiger partial charge on any atom is 0.246 e. The van der Waals surface area contributed by atoms with Crippen molar-refractivity contribution in [2.24, 2.45) is 0 Å². The Hall–Kier alpha value is -2.93. The van der Waals surface area contributed by atoms with Crippen molar-refractivity contribution in [1.82, 2.24) is 19.8 Å². The number of piperazine rings is 1. The van der Waals surface area contributed by atoms with Gasteiger partial charge in [-0.2, -0.15) is 0 Å². The number of benzene rings is 1. The van der Waals surface area contributed by atoms with E-state index in [0.717, 1.165) is 68.0 Å². The second-order valence-corrected chi connectivity index (χ2v) is 9.18. The van der Waals surface area contributed by atoms with Crippen LogP contribution in [-0.2, 0) is 17.6 Å². The molecular weight excluding hydrogens is 414 g/mol. The molecule has 0 N–H and O–H groups in total. The van der Waals surface area contributed by atoms with Gasteiger partial charge in [0.2, 0.25) is 11.9 Å². The van der Waals surface area contributed by atoms with Gasteiger partial charge in [0.15, 0.2) is 0 Å². The lowest BCUT2D eigenvalue weighted by Gasteiger charge is -2.43. The summed E-state index contributed by atoms with van der Waals surface area (Å²) in [6, 6.07) is 8.50. The van der Waals surface area contributed by atoms with E-state index < -0.39 is 0 Å². The van der Waals surface area contributed by atoms with Crippen molar-refractivity contribution < 1.29 is 9.53 Å². The van der Waals surface area contributed by atoms with Crippen molar-refractivity contribution in [2.75, 3.05) is 51.3 Å². The van der Waals surface area contributed by atoms with E-state index >= 15 is 0 Å². The zero-order chi connectivity index (χ0) is 22.6. The maximum atomic E-state index is 12.8. The Morgan fingerprint density at radius 3 is 2.48 bits per heavy atom. The first-order valence-electron chi connectivity index (χ1n) is 12.1. The largest absolute Gasteiger partial charge is 0.497 e. The van der Waals surface area contributed by atoms with Crippen LogP contribution in [0.1, 0.15) is 36.1 Å². The van der Waals surface area contributed by atoms with Crippen LogP contribution < -0.4 is 9.64 Å². The van der Waals surface area contributed by atoms with Crippen molar-refractivity contribution >= 4 is 17.9 Å². The molecule has 1 aliphatic carbocycles. The highest BCUT2D eigenvalue weighted by Crippen LogP contribution is 2.26. The molecule has 1 saturated carbocycles. The lowest BCUT2D eigenvalue weighted by molar-refractivity contribution is -0.125. The fourth-order valence-corrected chi connectivity index (χ4v) is 4.86. The average Bonchev–Trinajstić information content (AvgIpc) is 3.04. The highest BCUT2D eigenvalue weighted by atomic mass is 16.5. The van der Waals surface area contributed by atoms with Gasteiger partial charge in [0.05, 0.1) is 12.8 Å². The van der Waals surface area contributed by atoms with Gasteiger partial charge in [0, 0.05) is 64.0 Å². The maximum absolute atomic E-state index is 12.8. The minimum atomic E-state index is 0.0407. The summed E-state index contributed by atoms with van der Waals surface area (Å²) in [7, 11) is 1.65. The number of carbonyl (C=O) groups is 1. The third kappa shape index (κ3) is 5.03. The molecule has 1 aromatic carbocycles. The minimum absolute atomic E-state index is 0.0407. The molecule has 33 heavy (non-hydrogen) atoms. The molecule has 0 spiro atoms. The molecular formula is C26H33N5O2. The summed E-state index contributed by atoms with van der Waals surface area (Å²) < 4.78 is 5.19. The number of nitrogens with zero attached hydrogens (tertiary/aromatic N) is 5. The standard InChI is InChI=1S/C26H33N5O2/c1-33-23-8-5-20(6-9-23)7-10-25(32)30-13-11-21-19-27-26(28-24(21)12-14-30)31-17-15-29(16-18-31)22-3-2-4-22/h5-10,19,22H,2-4,11-18H2,1H3/b10-7+. The van der Waals surface area contributed by atoms with E-state index in [4.69, 9.17) is 14.7 Å². The molecule has 1 saturated heterocycles. The van der Waals surface area contributed by atoms with Crippen LogP contribution >= 0.6 is 0 Å². The number of hydrogen-bond donors (Lipinski definition) is 0. The highest BCUT2D eigenvalue weighted by Gasteiger charge is 2.29. The summed E-state index contributed by atoms with van der Waals surface area (Å²) >= 11 is 0. The number of amides is 1. The average molecular weight is 448 g/mol. The summed E-state index contributed by atoms with van der Waals surface area (Å²) in [6.07, 6.45) is 11.2. The molecule has 1 aromatic heterocycles. The zero-order valence-electron chi connectivity index (χ0n) is 19.4. The van der Waals surface area contributed by atoms with Gasteiger partial charge in [-0.25, -0.2) is 9.97 Å². The van der Waals surface area contributed by atoms with Gasteiger partial charge < -0.3 is 14.5 Å². The van der Waals surface area contributed by atoms with Gasteiger partial charge in [-0.15, -0.1) is 0 Å². The Labute approximate surface area is 196 Å². The molecule has 1 amide bonds. The van der Waals surface area contributed by atoms with Crippen molar-refractivity contribution in [3.8, 4) is 5.75 Å². The van der Waals surface area contributed by atoms with Gasteiger partial charge in [0.1, 0.15) is 5.75 Å². The van der Waals surface area contributed by atoms with E-state index in [0.29, 0.717) is 13.1 Å². The summed E-state index contributed by atoms with van der Waals surface area (Å²) in [5.41, 5.74) is 3.24. The second-order valence-electron chi connectivity index (χ2n) is 9.18. The molecule has 7 heteroatoms. The smallest absolute Gasteiger partial charge is 0.246 e. The van der Waals surface area contributed by atoms with Gasteiger partial charge in [0.25, 0.3) is 0 Å². The molecule has 0 bridgehead atoms. The van der Waals surface area contributed by atoms with Crippen LogP contribution in [0.2, 0.25) is 0 Å². The Bertz CT molecular complexity index is 994. The van der Waals surface area contributed by atoms with Gasteiger partial charge in [-0.1, -0.05) is 18.6 Å². The Kier molecular flexibility index (Phi) is 6.58. The van der Waals surface area contributed by atoms with Gasteiger partial charge >= 0.3 is 0 Å². The van der Waals surface area contributed by atoms with E-state index in [1.165, 1.54) is 24.8 Å². The lowest BCUT2D eigenvalue weighted by atomic mass is 9.91. The predicted molar refractivity (Wildman–Crippen MR) is 129 cm³/mol. The van der Waals surface area contributed by atoms with E-state index in [2.05, 4.69) is 9.80 Å². The summed E-state index contributed by atoms with van der Waals surface area (Å²) in [5, 5.41) is 0. The quantitative estimate of drug-likeness (QED) is 0.657. The van der Waals surface area contributed by atoms with E-state index in [1.54, 1.807) is 13.2 Å². The molecule has 2 aliphatic heterocycles. The number of carbonyl (C=O) groups excluding carboxylic acids is 1. The van der Waals surface area contributed by atoms with Gasteiger partial charge in [-0.3, -0.25) is 9.69 Å². The summed E-state index contributed by atoms with van der Waals surface area (Å²) in [4.78, 5) is 29.3. The number of methoxy groups -OCH3 is 1. The predicted octanol–water partition coefficient (Wildman–Crippen LogP) is 2.80. The molecule has 174 valence electrons. The van der Waals surface area contributed by atoms with Crippen LogP contribution in [0.4, 0.5) is 5.95 Å². The van der Waals surface area contributed by atoms with Crippen LogP contribution in [0.5, 0.6) is 5.75 Å². The highest BCUT2D eigenvalue weighted by molar-refractivity contribution is 5.91. The van der Waals surface area contributed by atoms with E-state index in [9.17, 15) is 4.79 Å². The number of ether oxygens (including phenoxy) is 1. The second kappa shape index (κ2) is 9.91. The SMILES string of the molecule is COc1ccc(/C=C/C(=O)N2CCc3cnc(N4CCN(C5CCC5)CC4)nc3CC2)cc1. The molecule has 2 aromatic rings. The molecule has 3 aliphatic rings. The molecule has 0 radical (unpaired) electrons. The first-order chi connectivity index (χ1) is 16.2. The normalized spacial score (nSPS) is 19.8. The molecule has 0 atom stereocenters. The zero-order valence-corrected chi connectivity index (χ0v) is 19.4. The Balaban J connectivity index is 1.18. The van der Waals surface area contributed by atoms with Crippen molar-refractivity contribution in [3.63, 3.8) is 0 Å². The summed E-state index contributed by atoms with van der Waals surface area (Å²) in [5.74, 6) is 1.70. The third-order valence-corrected chi connectivity index (χ3v) is 7.25. The van der Waals surface area contributed by atoms with Crippen molar-refractivity contribution in [1.29, 1.82) is 0 Å². The number of rotatable bonds is 5. The van der Waals surface area contributed by atoms with Crippen LogP contribution in [0, 0.1) is 0 Å². The molecule has 7 nitrogen and oxygen atoms in total. The van der Waals surface area contributed by atoms with Crippen LogP contribution in [0.25, 0.3) is 6.08 Å². The van der Waals surface area contributed by atoms with E-state index in [-0.39, 0.29) is 5.91 Å². The fourth-order valence-electron chi connectivity index (χ4n) is 4.86. The molecule has 2 fully saturated rings. The first kappa shape index (κ1) is 21.9. The topological polar surface area (TPSA) is 61.8 Å². The number of hydrogen-bond acceptors (Lipinski definition) is 6. The van der Waals surface area contributed by atoms with Crippen LogP contribution in [0.3, 0.4) is 0 Å². The van der Waals surface area contributed by atoms with Crippen molar-refractivity contribution in [3.05, 3.63) is 53.4 Å². The Morgan fingerprint density at radius 2 is 1.79 bits per heavy atom. The molecule has 0 unspecified atom stereocenters. The number of aromatic nitrogens is 2. The first-order valence-corrected chi connectivity index (χ1v) is 12.1. The fraction of sp³-hybridized carbons (Fsp3) is 0.500. The summed E-state index contributed by atoms with van der Waals surface area (Å²) in [6.45, 7) is 5.58. The molecule has 5 rings (SSSR count). The van der Waals surface area contributed by atoms with Crippen LogP contribution in [-0.4, -0.2) is 78.1 Å². The third-order valence-electron chi connectivity index (χ3n) is 7.25. The monoisotopic (exact) mass is 447 g/mol. The minimum Gasteiger partial charge on any atom is -0.497 e. The number of anilines is 1. The van der Waals surface area contributed by atoms with Gasteiger partial charge in [-0.05, 0) is 48.6 Å². The van der Waals surface area contributed by atoms with E-state index in [1.807, 2.05) is 41.4 Å². The number of fused-ring (bicyclic) bond motifs is 1. The molecule has 3 heterocycles. The van der Waals surface area contributed by atoms with Crippen LogP contribution in [0.15, 0.2) is 36.5 Å². The Morgan fingerprint density at radius 1 is 1.03 bits per heavy atom.